The molecule has 1 aromatic heterocycles. The lowest BCUT2D eigenvalue weighted by Crippen LogP contribution is -2.13. The van der Waals surface area contributed by atoms with Gasteiger partial charge in [0.25, 0.3) is 0 Å². The van der Waals surface area contributed by atoms with Crippen LogP contribution in [0.5, 0.6) is 0 Å². The van der Waals surface area contributed by atoms with Gasteiger partial charge < -0.3 is 5.73 Å². The molecule has 20 heavy (non-hydrogen) atoms. The maximum atomic E-state index is 6.52. The zero-order valence-corrected chi connectivity index (χ0v) is 11.9. The number of nitrogens with two attached hydrogens (primary N) is 1. The Morgan fingerprint density at radius 2 is 1.85 bits per heavy atom. The Kier molecular flexibility index (Phi) is 3.28. The van der Waals surface area contributed by atoms with Crippen molar-refractivity contribution in [2.24, 2.45) is 12.8 Å². The minimum atomic E-state index is -0.134. The van der Waals surface area contributed by atoms with Gasteiger partial charge in [-0.25, -0.2) is 0 Å². The molecule has 2 aromatic carbocycles. The summed E-state index contributed by atoms with van der Waals surface area (Å²) in [6.07, 6.45) is 2.93. The first-order chi connectivity index (χ1) is 9.70. The average Bonchev–Trinajstić information content (AvgIpc) is 2.87. The molecule has 3 heteroatoms. The first kappa shape index (κ1) is 12.9. The van der Waals surface area contributed by atoms with E-state index in [4.69, 9.17) is 5.73 Å². The highest BCUT2D eigenvalue weighted by Crippen LogP contribution is 2.28. The minimum Gasteiger partial charge on any atom is -0.320 e. The van der Waals surface area contributed by atoms with Gasteiger partial charge >= 0.3 is 0 Å². The summed E-state index contributed by atoms with van der Waals surface area (Å²) in [5.41, 5.74) is 9.87. The molecule has 0 amide bonds. The van der Waals surface area contributed by atoms with Crippen LogP contribution < -0.4 is 5.73 Å². The van der Waals surface area contributed by atoms with Gasteiger partial charge in [0.15, 0.2) is 0 Å². The smallest absolute Gasteiger partial charge is 0.0672 e. The van der Waals surface area contributed by atoms with Crippen molar-refractivity contribution in [3.63, 3.8) is 0 Å². The lowest BCUT2D eigenvalue weighted by Gasteiger charge is -2.14. The van der Waals surface area contributed by atoms with Crippen molar-refractivity contribution in [1.82, 2.24) is 9.78 Å². The molecule has 0 spiro atoms. The lowest BCUT2D eigenvalue weighted by molar-refractivity contribution is 0.746. The minimum absolute atomic E-state index is 0.134. The van der Waals surface area contributed by atoms with Gasteiger partial charge in [-0.1, -0.05) is 49.4 Å². The highest BCUT2D eigenvalue weighted by Gasteiger charge is 2.17. The quantitative estimate of drug-likeness (QED) is 0.790. The molecule has 3 nitrogen and oxygen atoms in total. The van der Waals surface area contributed by atoms with Gasteiger partial charge in [0, 0.05) is 18.8 Å². The molecule has 1 unspecified atom stereocenters. The Labute approximate surface area is 119 Å². The van der Waals surface area contributed by atoms with Crippen LogP contribution in [-0.2, 0) is 13.5 Å². The zero-order chi connectivity index (χ0) is 14.1. The van der Waals surface area contributed by atoms with Crippen LogP contribution in [0, 0.1) is 0 Å². The Bertz CT molecular complexity index is 738. The molecule has 2 N–H and O–H groups in total. The number of benzene rings is 2. The van der Waals surface area contributed by atoms with Gasteiger partial charge in [0.05, 0.1) is 11.7 Å². The zero-order valence-electron chi connectivity index (χ0n) is 11.9. The van der Waals surface area contributed by atoms with Crippen LogP contribution in [0.1, 0.15) is 29.8 Å². The number of aromatic nitrogens is 2. The van der Waals surface area contributed by atoms with Crippen LogP contribution in [0.2, 0.25) is 0 Å². The maximum Gasteiger partial charge on any atom is 0.0672 e. The topological polar surface area (TPSA) is 43.8 Å². The van der Waals surface area contributed by atoms with E-state index >= 15 is 0 Å². The molecule has 3 aromatic rings. The summed E-state index contributed by atoms with van der Waals surface area (Å²) >= 11 is 0. The van der Waals surface area contributed by atoms with Gasteiger partial charge in [-0.3, -0.25) is 4.68 Å². The Balaban J connectivity index is 2.15. The SMILES string of the molecule is CCc1nn(C)cc1C(N)c1cccc2ccccc12. The standard InChI is InChI=1S/C17H19N3/c1-3-16-15(11-20(2)19-16)17(18)14-10-6-8-12-7-4-5-9-13(12)14/h4-11,17H,3,18H2,1-2H3. The fourth-order valence-electron chi connectivity index (χ4n) is 2.78. The van der Waals surface area contributed by atoms with E-state index in [1.165, 1.54) is 10.8 Å². The number of aryl methyl sites for hydroxylation is 2. The number of hydrogen-bond acceptors (Lipinski definition) is 2. The molecule has 0 radical (unpaired) electrons. The van der Waals surface area contributed by atoms with Crippen molar-refractivity contribution in [3.05, 3.63) is 65.5 Å². The van der Waals surface area contributed by atoms with Crippen molar-refractivity contribution in [2.45, 2.75) is 19.4 Å². The predicted molar refractivity (Wildman–Crippen MR) is 82.6 cm³/mol. The van der Waals surface area contributed by atoms with E-state index in [1.54, 1.807) is 0 Å². The second kappa shape index (κ2) is 5.10. The Hall–Kier alpha value is -2.13. The third-order valence-corrected chi connectivity index (χ3v) is 3.77. The number of nitrogens with zero attached hydrogens (tertiary/aromatic N) is 2. The normalized spacial score (nSPS) is 12.8. The molecule has 1 heterocycles. The summed E-state index contributed by atoms with van der Waals surface area (Å²) in [7, 11) is 1.94. The van der Waals surface area contributed by atoms with Crippen molar-refractivity contribution in [3.8, 4) is 0 Å². The van der Waals surface area contributed by atoms with Crippen LogP contribution in [-0.4, -0.2) is 9.78 Å². The molecule has 0 saturated carbocycles. The molecule has 0 bridgehead atoms. The van der Waals surface area contributed by atoms with Crippen LogP contribution in [0.3, 0.4) is 0 Å². The van der Waals surface area contributed by atoms with Crippen molar-refractivity contribution >= 4 is 10.8 Å². The molecule has 0 aliphatic carbocycles. The van der Waals surface area contributed by atoms with E-state index < -0.39 is 0 Å². The molecule has 0 aliphatic rings. The summed E-state index contributed by atoms with van der Waals surface area (Å²) in [5, 5.41) is 6.93. The summed E-state index contributed by atoms with van der Waals surface area (Å²) in [4.78, 5) is 0. The van der Waals surface area contributed by atoms with E-state index in [-0.39, 0.29) is 6.04 Å². The van der Waals surface area contributed by atoms with E-state index in [9.17, 15) is 0 Å². The summed E-state index contributed by atoms with van der Waals surface area (Å²) in [6, 6.07) is 14.5. The highest BCUT2D eigenvalue weighted by atomic mass is 15.3. The predicted octanol–water partition coefficient (Wildman–Crippen LogP) is 3.18. The molecule has 3 rings (SSSR count). The van der Waals surface area contributed by atoms with E-state index in [0.717, 1.165) is 23.2 Å². The van der Waals surface area contributed by atoms with Gasteiger partial charge in [0.2, 0.25) is 0 Å². The summed E-state index contributed by atoms with van der Waals surface area (Å²) in [6.45, 7) is 2.11. The van der Waals surface area contributed by atoms with E-state index in [1.807, 2.05) is 17.9 Å². The first-order valence-corrected chi connectivity index (χ1v) is 6.96. The van der Waals surface area contributed by atoms with Crippen LogP contribution in [0.4, 0.5) is 0 Å². The van der Waals surface area contributed by atoms with Gasteiger partial charge in [-0.15, -0.1) is 0 Å². The van der Waals surface area contributed by atoms with Crippen LogP contribution >= 0.6 is 0 Å². The molecule has 0 fully saturated rings. The largest absolute Gasteiger partial charge is 0.320 e. The molecule has 102 valence electrons. The molecular formula is C17H19N3. The van der Waals surface area contributed by atoms with Crippen LogP contribution in [0.15, 0.2) is 48.7 Å². The van der Waals surface area contributed by atoms with E-state index in [0.29, 0.717) is 0 Å². The Morgan fingerprint density at radius 3 is 2.65 bits per heavy atom. The first-order valence-electron chi connectivity index (χ1n) is 6.96. The fraction of sp³-hybridized carbons (Fsp3) is 0.235. The van der Waals surface area contributed by atoms with Gasteiger partial charge in [-0.05, 0) is 22.8 Å². The maximum absolute atomic E-state index is 6.52. The van der Waals surface area contributed by atoms with Crippen molar-refractivity contribution < 1.29 is 0 Å². The fourth-order valence-corrected chi connectivity index (χ4v) is 2.78. The molecule has 0 aliphatic heterocycles. The average molecular weight is 265 g/mol. The number of hydrogen-bond donors (Lipinski definition) is 1. The monoisotopic (exact) mass is 265 g/mol. The number of rotatable bonds is 3. The summed E-state index contributed by atoms with van der Waals surface area (Å²) in [5.74, 6) is 0. The highest BCUT2D eigenvalue weighted by molar-refractivity contribution is 5.86. The molecule has 0 saturated heterocycles. The van der Waals surface area contributed by atoms with Crippen molar-refractivity contribution in [2.75, 3.05) is 0 Å². The molecule has 1 atom stereocenters. The molecular weight excluding hydrogens is 246 g/mol. The number of fused-ring (bicyclic) bond motifs is 1. The second-order valence-electron chi connectivity index (χ2n) is 5.10. The van der Waals surface area contributed by atoms with Gasteiger partial charge in [-0.2, -0.15) is 5.10 Å². The van der Waals surface area contributed by atoms with Crippen molar-refractivity contribution in [1.29, 1.82) is 0 Å². The lowest BCUT2D eigenvalue weighted by atomic mass is 9.94. The second-order valence-corrected chi connectivity index (χ2v) is 5.10. The van der Waals surface area contributed by atoms with Gasteiger partial charge in [0.1, 0.15) is 0 Å². The van der Waals surface area contributed by atoms with E-state index in [2.05, 4.69) is 54.5 Å². The Morgan fingerprint density at radius 1 is 1.10 bits per heavy atom. The third-order valence-electron chi connectivity index (χ3n) is 3.77. The third kappa shape index (κ3) is 2.10. The van der Waals surface area contributed by atoms with Crippen LogP contribution in [0.25, 0.3) is 10.8 Å². The summed E-state index contributed by atoms with van der Waals surface area (Å²) < 4.78 is 1.85.